The van der Waals surface area contributed by atoms with E-state index in [1.54, 1.807) is 0 Å². The van der Waals surface area contributed by atoms with Crippen molar-refractivity contribution in [2.45, 2.75) is 58.0 Å². The van der Waals surface area contributed by atoms with Crippen LogP contribution in [0.5, 0.6) is 0 Å². The summed E-state index contributed by atoms with van der Waals surface area (Å²) in [6.45, 7) is 3.99. The summed E-state index contributed by atoms with van der Waals surface area (Å²) in [5, 5.41) is 0. The normalized spacial score (nSPS) is 28.6. The van der Waals surface area contributed by atoms with E-state index in [0.29, 0.717) is 12.0 Å². The second-order valence-corrected chi connectivity index (χ2v) is 5.16. The van der Waals surface area contributed by atoms with Crippen LogP contribution in [0.25, 0.3) is 0 Å². The summed E-state index contributed by atoms with van der Waals surface area (Å²) in [4.78, 5) is 0. The van der Waals surface area contributed by atoms with E-state index in [-0.39, 0.29) is 0 Å². The lowest BCUT2D eigenvalue weighted by molar-refractivity contribution is -0.00831. The quantitative estimate of drug-likeness (QED) is 0.681. The standard InChI is InChI=1S/C14H24O2/c1-12(14-8-5-9-15-11-14)16-10-13-6-3-2-4-7-13/h10,12,14H,2-9,11H2,1H3. The molecule has 1 aliphatic carbocycles. The van der Waals surface area contributed by atoms with Crippen LogP contribution in [-0.4, -0.2) is 19.3 Å². The summed E-state index contributed by atoms with van der Waals surface area (Å²) in [6, 6.07) is 0. The smallest absolute Gasteiger partial charge is 0.1000 e. The van der Waals surface area contributed by atoms with Crippen LogP contribution in [0.3, 0.4) is 0 Å². The Kier molecular flexibility index (Phi) is 4.70. The van der Waals surface area contributed by atoms with Gasteiger partial charge in [0.05, 0.1) is 19.0 Å². The van der Waals surface area contributed by atoms with Gasteiger partial charge >= 0.3 is 0 Å². The zero-order chi connectivity index (χ0) is 11.2. The van der Waals surface area contributed by atoms with Crippen LogP contribution >= 0.6 is 0 Å². The molecule has 2 unspecified atom stereocenters. The van der Waals surface area contributed by atoms with E-state index in [9.17, 15) is 0 Å². The van der Waals surface area contributed by atoms with Crippen LogP contribution in [0.2, 0.25) is 0 Å². The van der Waals surface area contributed by atoms with Crippen molar-refractivity contribution in [2.75, 3.05) is 13.2 Å². The van der Waals surface area contributed by atoms with Crippen molar-refractivity contribution >= 4 is 0 Å². The van der Waals surface area contributed by atoms with Gasteiger partial charge in [-0.3, -0.25) is 0 Å². The van der Waals surface area contributed by atoms with Crippen LogP contribution in [0.4, 0.5) is 0 Å². The third-order valence-electron chi connectivity index (χ3n) is 3.80. The second-order valence-electron chi connectivity index (χ2n) is 5.16. The molecule has 0 radical (unpaired) electrons. The van der Waals surface area contributed by atoms with E-state index in [1.807, 2.05) is 6.26 Å². The molecule has 2 heteroatoms. The Hall–Kier alpha value is -0.500. The van der Waals surface area contributed by atoms with E-state index < -0.39 is 0 Å². The molecule has 2 rings (SSSR count). The maximum absolute atomic E-state index is 5.88. The average molecular weight is 224 g/mol. The summed E-state index contributed by atoms with van der Waals surface area (Å²) >= 11 is 0. The summed E-state index contributed by atoms with van der Waals surface area (Å²) in [5.41, 5.74) is 1.51. The van der Waals surface area contributed by atoms with Gasteiger partial charge in [0.15, 0.2) is 0 Å². The Morgan fingerprint density at radius 3 is 2.75 bits per heavy atom. The predicted molar refractivity (Wildman–Crippen MR) is 65.3 cm³/mol. The van der Waals surface area contributed by atoms with E-state index >= 15 is 0 Å². The van der Waals surface area contributed by atoms with Gasteiger partial charge in [0, 0.05) is 12.5 Å². The fourth-order valence-electron chi connectivity index (χ4n) is 2.57. The number of rotatable bonds is 3. The fraction of sp³-hybridized carbons (Fsp3) is 0.857. The maximum Gasteiger partial charge on any atom is 0.1000 e. The van der Waals surface area contributed by atoms with E-state index in [1.165, 1.54) is 50.5 Å². The minimum absolute atomic E-state index is 0.315. The molecular formula is C14H24O2. The van der Waals surface area contributed by atoms with Crippen molar-refractivity contribution in [1.29, 1.82) is 0 Å². The monoisotopic (exact) mass is 224 g/mol. The van der Waals surface area contributed by atoms with Crippen LogP contribution in [0.1, 0.15) is 51.9 Å². The van der Waals surface area contributed by atoms with Crippen molar-refractivity contribution < 1.29 is 9.47 Å². The van der Waals surface area contributed by atoms with Crippen molar-refractivity contribution in [3.05, 3.63) is 11.8 Å². The van der Waals surface area contributed by atoms with Gasteiger partial charge in [0.25, 0.3) is 0 Å². The molecule has 0 aromatic carbocycles. The molecule has 16 heavy (non-hydrogen) atoms. The molecule has 1 heterocycles. The molecule has 0 N–H and O–H groups in total. The minimum atomic E-state index is 0.315. The van der Waals surface area contributed by atoms with Crippen LogP contribution in [0, 0.1) is 5.92 Å². The highest BCUT2D eigenvalue weighted by molar-refractivity contribution is 5.00. The van der Waals surface area contributed by atoms with Crippen LogP contribution in [-0.2, 0) is 9.47 Å². The van der Waals surface area contributed by atoms with E-state index in [0.717, 1.165) is 13.2 Å². The topological polar surface area (TPSA) is 18.5 Å². The minimum Gasteiger partial charge on any atom is -0.498 e. The third kappa shape index (κ3) is 3.51. The van der Waals surface area contributed by atoms with Gasteiger partial charge in [-0.05, 0) is 51.0 Å². The second kappa shape index (κ2) is 6.29. The summed E-state index contributed by atoms with van der Waals surface area (Å²) < 4.78 is 11.4. The summed E-state index contributed by atoms with van der Waals surface area (Å²) in [7, 11) is 0. The molecule has 0 bridgehead atoms. The molecule has 2 aliphatic rings. The Labute approximate surface area is 99.0 Å². The van der Waals surface area contributed by atoms with Gasteiger partial charge in [-0.25, -0.2) is 0 Å². The number of allylic oxidation sites excluding steroid dienone is 1. The van der Waals surface area contributed by atoms with Crippen LogP contribution in [0.15, 0.2) is 11.8 Å². The van der Waals surface area contributed by atoms with E-state index in [4.69, 9.17) is 9.47 Å². The molecule has 2 fully saturated rings. The van der Waals surface area contributed by atoms with Gasteiger partial charge in [-0.2, -0.15) is 0 Å². The van der Waals surface area contributed by atoms with Gasteiger partial charge in [0.1, 0.15) is 0 Å². The average Bonchev–Trinajstić information content (AvgIpc) is 2.38. The largest absolute Gasteiger partial charge is 0.498 e. The highest BCUT2D eigenvalue weighted by Gasteiger charge is 2.21. The molecule has 2 nitrogen and oxygen atoms in total. The molecule has 0 aromatic rings. The van der Waals surface area contributed by atoms with Gasteiger partial charge in [0.2, 0.25) is 0 Å². The Balaban J connectivity index is 1.74. The van der Waals surface area contributed by atoms with Crippen molar-refractivity contribution in [3.63, 3.8) is 0 Å². The molecular weight excluding hydrogens is 200 g/mol. The van der Waals surface area contributed by atoms with E-state index in [2.05, 4.69) is 6.92 Å². The van der Waals surface area contributed by atoms with Gasteiger partial charge in [-0.15, -0.1) is 0 Å². The summed E-state index contributed by atoms with van der Waals surface area (Å²) in [5.74, 6) is 0.592. The lowest BCUT2D eigenvalue weighted by Crippen LogP contribution is -2.28. The molecule has 0 amide bonds. The Bertz CT molecular complexity index is 221. The fourth-order valence-corrected chi connectivity index (χ4v) is 2.57. The van der Waals surface area contributed by atoms with Gasteiger partial charge < -0.3 is 9.47 Å². The zero-order valence-corrected chi connectivity index (χ0v) is 10.4. The third-order valence-corrected chi connectivity index (χ3v) is 3.80. The lowest BCUT2D eigenvalue weighted by Gasteiger charge is -2.27. The first-order valence-corrected chi connectivity index (χ1v) is 6.77. The highest BCUT2D eigenvalue weighted by atomic mass is 16.5. The summed E-state index contributed by atoms with van der Waals surface area (Å²) in [6.07, 6.45) is 11.4. The van der Waals surface area contributed by atoms with Crippen LogP contribution < -0.4 is 0 Å². The Morgan fingerprint density at radius 1 is 1.25 bits per heavy atom. The molecule has 92 valence electrons. The molecule has 0 spiro atoms. The lowest BCUT2D eigenvalue weighted by atomic mass is 9.95. The molecule has 1 saturated heterocycles. The first-order chi connectivity index (χ1) is 7.86. The van der Waals surface area contributed by atoms with Gasteiger partial charge in [-0.1, -0.05) is 6.42 Å². The SMILES string of the molecule is CC(OC=C1CCCCC1)C1CCCOC1. The number of hydrogen-bond donors (Lipinski definition) is 0. The van der Waals surface area contributed by atoms with Crippen molar-refractivity contribution in [2.24, 2.45) is 5.92 Å². The van der Waals surface area contributed by atoms with Crippen molar-refractivity contribution in [1.82, 2.24) is 0 Å². The predicted octanol–water partition coefficient (Wildman–Crippen LogP) is 3.67. The zero-order valence-electron chi connectivity index (χ0n) is 10.4. The highest BCUT2D eigenvalue weighted by Crippen LogP contribution is 2.24. The molecule has 1 aliphatic heterocycles. The van der Waals surface area contributed by atoms with Crippen molar-refractivity contribution in [3.8, 4) is 0 Å². The first kappa shape index (κ1) is 12.0. The number of ether oxygens (including phenoxy) is 2. The molecule has 1 saturated carbocycles. The Morgan fingerprint density at radius 2 is 2.06 bits per heavy atom. The first-order valence-electron chi connectivity index (χ1n) is 6.77. The number of hydrogen-bond acceptors (Lipinski definition) is 2. The maximum atomic E-state index is 5.88. The molecule has 2 atom stereocenters. The molecule has 0 aromatic heterocycles.